The molecule has 3 N–H and O–H groups in total. The van der Waals surface area contributed by atoms with Gasteiger partial charge in [-0.2, -0.15) is 0 Å². The average molecular weight is 430 g/mol. The van der Waals surface area contributed by atoms with E-state index in [0.717, 1.165) is 31.5 Å². The predicted octanol–water partition coefficient (Wildman–Crippen LogP) is 1.21. The van der Waals surface area contributed by atoms with Crippen LogP contribution in [0.4, 0.5) is 0 Å². The van der Waals surface area contributed by atoms with Crippen LogP contribution in [0.15, 0.2) is 29.8 Å². The maximum atomic E-state index is 12.2. The predicted molar refractivity (Wildman–Crippen MR) is 113 cm³/mol. The Morgan fingerprint density at radius 3 is 2.73 bits per heavy atom. The summed E-state index contributed by atoms with van der Waals surface area (Å²) in [7, 11) is 0. The third-order valence-corrected chi connectivity index (χ3v) is 6.91. The number of aliphatic hydroxyl groups is 1. The van der Waals surface area contributed by atoms with Crippen molar-refractivity contribution in [2.45, 2.75) is 50.3 Å². The Morgan fingerprint density at radius 1 is 1.30 bits per heavy atom. The summed E-state index contributed by atoms with van der Waals surface area (Å²) in [6, 6.07) is 7.82. The summed E-state index contributed by atoms with van der Waals surface area (Å²) in [5.41, 5.74) is 2.38. The Labute approximate surface area is 179 Å². The highest BCUT2D eigenvalue weighted by molar-refractivity contribution is 7.09. The molecule has 1 aliphatic carbocycles. The first-order chi connectivity index (χ1) is 14.4. The zero-order valence-electron chi connectivity index (χ0n) is 17.0. The molecule has 1 aromatic heterocycles. The quantitative estimate of drug-likeness (QED) is 0.637. The van der Waals surface area contributed by atoms with Crippen molar-refractivity contribution in [3.63, 3.8) is 0 Å². The van der Waals surface area contributed by atoms with Crippen LogP contribution in [-0.4, -0.2) is 63.7 Å². The molecule has 0 radical (unpaired) electrons. The van der Waals surface area contributed by atoms with Gasteiger partial charge in [-0.05, 0) is 44.7 Å². The molecule has 2 aromatic rings. The van der Waals surface area contributed by atoms with E-state index in [0.29, 0.717) is 29.5 Å². The van der Waals surface area contributed by atoms with Gasteiger partial charge < -0.3 is 15.7 Å². The largest absolute Gasteiger partial charge is 0.383 e. The van der Waals surface area contributed by atoms with Gasteiger partial charge in [0.05, 0.1) is 12.6 Å². The van der Waals surface area contributed by atoms with Gasteiger partial charge in [-0.3, -0.25) is 14.5 Å². The molecular formula is C21H27N5O3S. The van der Waals surface area contributed by atoms with Crippen LogP contribution >= 0.6 is 11.3 Å². The van der Waals surface area contributed by atoms with E-state index >= 15 is 0 Å². The van der Waals surface area contributed by atoms with Crippen LogP contribution in [0.2, 0.25) is 0 Å². The second kappa shape index (κ2) is 8.79. The van der Waals surface area contributed by atoms with E-state index in [1.165, 1.54) is 11.3 Å². The molecule has 160 valence electrons. The van der Waals surface area contributed by atoms with E-state index in [9.17, 15) is 14.7 Å². The summed E-state index contributed by atoms with van der Waals surface area (Å²) >= 11 is 1.41. The van der Waals surface area contributed by atoms with Crippen molar-refractivity contribution in [2.75, 3.05) is 19.6 Å². The number of amides is 2. The van der Waals surface area contributed by atoms with Gasteiger partial charge in [-0.25, -0.2) is 0 Å². The lowest BCUT2D eigenvalue weighted by Crippen LogP contribution is -2.63. The lowest BCUT2D eigenvalue weighted by Gasteiger charge is -2.47. The van der Waals surface area contributed by atoms with Gasteiger partial charge in [0.15, 0.2) is 0 Å². The van der Waals surface area contributed by atoms with Gasteiger partial charge in [0, 0.05) is 24.7 Å². The number of rotatable bonds is 6. The van der Waals surface area contributed by atoms with E-state index in [2.05, 4.69) is 25.7 Å². The number of likely N-dealkylation sites (tertiary alicyclic amines) is 1. The van der Waals surface area contributed by atoms with Crippen LogP contribution in [0, 0.1) is 6.92 Å². The van der Waals surface area contributed by atoms with E-state index < -0.39 is 5.60 Å². The number of hydrogen-bond acceptors (Lipinski definition) is 7. The maximum Gasteiger partial charge on any atom is 0.251 e. The Balaban J connectivity index is 1.16. The van der Waals surface area contributed by atoms with Crippen molar-refractivity contribution >= 4 is 23.2 Å². The second-order valence-electron chi connectivity index (χ2n) is 8.28. The highest BCUT2D eigenvalue weighted by Gasteiger charge is 2.41. The minimum Gasteiger partial charge on any atom is -0.383 e. The number of carbonyl (C=O) groups is 2. The monoisotopic (exact) mass is 429 g/mol. The van der Waals surface area contributed by atoms with Crippen LogP contribution < -0.4 is 10.6 Å². The zero-order valence-corrected chi connectivity index (χ0v) is 17.8. The molecule has 1 saturated heterocycles. The molecule has 2 amide bonds. The molecule has 1 aliphatic heterocycles. The van der Waals surface area contributed by atoms with E-state index in [4.69, 9.17) is 0 Å². The van der Waals surface area contributed by atoms with Crippen LogP contribution in [0.1, 0.15) is 46.6 Å². The van der Waals surface area contributed by atoms with Crippen molar-refractivity contribution in [1.82, 2.24) is 25.7 Å². The van der Waals surface area contributed by atoms with Crippen molar-refractivity contribution < 1.29 is 14.7 Å². The maximum absolute atomic E-state index is 12.2. The Morgan fingerprint density at radius 2 is 2.07 bits per heavy atom. The first kappa shape index (κ1) is 20.9. The van der Waals surface area contributed by atoms with Gasteiger partial charge in [0.2, 0.25) is 5.91 Å². The smallest absolute Gasteiger partial charge is 0.251 e. The van der Waals surface area contributed by atoms with E-state index in [1.54, 1.807) is 17.6 Å². The molecule has 4 rings (SSSR count). The highest BCUT2D eigenvalue weighted by atomic mass is 32.1. The third-order valence-electron chi connectivity index (χ3n) is 6.02. The van der Waals surface area contributed by atoms with Crippen molar-refractivity contribution in [3.8, 4) is 0 Å². The number of nitrogens with one attached hydrogen (secondary N) is 2. The zero-order chi connectivity index (χ0) is 21.1. The number of hydrogen-bond donors (Lipinski definition) is 3. The van der Waals surface area contributed by atoms with Crippen LogP contribution in [-0.2, 0) is 10.4 Å². The lowest BCUT2D eigenvalue weighted by molar-refractivity contribution is -0.122. The molecule has 0 unspecified atom stereocenters. The first-order valence-electron chi connectivity index (χ1n) is 10.3. The normalized spacial score (nSPS) is 24.8. The molecular weight excluding hydrogens is 402 g/mol. The molecule has 2 heterocycles. The van der Waals surface area contributed by atoms with Crippen LogP contribution in [0.3, 0.4) is 0 Å². The molecule has 0 spiro atoms. The van der Waals surface area contributed by atoms with Crippen molar-refractivity contribution in [1.29, 1.82) is 0 Å². The summed E-state index contributed by atoms with van der Waals surface area (Å²) in [6.45, 7) is 3.51. The molecule has 0 bridgehead atoms. The van der Waals surface area contributed by atoms with E-state index in [-0.39, 0.29) is 24.4 Å². The Bertz CT molecular complexity index is 890. The van der Waals surface area contributed by atoms with E-state index in [1.807, 2.05) is 19.1 Å². The molecule has 8 nitrogen and oxygen atoms in total. The SMILES string of the molecule is Cc1cccc(C(=O)NCC(=O)NC2CN(C3CCC(O)(c4nncs4)CC3)C2)c1. The molecule has 0 atom stereocenters. The Hall–Kier alpha value is -2.36. The molecule has 2 fully saturated rings. The topological polar surface area (TPSA) is 107 Å². The Kier molecular flexibility index (Phi) is 6.12. The summed E-state index contributed by atoms with van der Waals surface area (Å²) in [5, 5.41) is 25.0. The fraction of sp³-hybridized carbons (Fsp3) is 0.524. The van der Waals surface area contributed by atoms with Gasteiger partial charge >= 0.3 is 0 Å². The van der Waals surface area contributed by atoms with Gasteiger partial charge in [-0.1, -0.05) is 17.7 Å². The van der Waals surface area contributed by atoms with Crippen LogP contribution in [0.25, 0.3) is 0 Å². The number of carbonyl (C=O) groups excluding carboxylic acids is 2. The number of benzene rings is 1. The molecule has 1 saturated carbocycles. The first-order valence-corrected chi connectivity index (χ1v) is 11.2. The molecule has 9 heteroatoms. The fourth-order valence-electron chi connectivity index (χ4n) is 4.26. The number of aromatic nitrogens is 2. The van der Waals surface area contributed by atoms with Crippen molar-refractivity contribution in [2.24, 2.45) is 0 Å². The number of aryl methyl sites for hydroxylation is 1. The summed E-state index contributed by atoms with van der Waals surface area (Å²) in [4.78, 5) is 26.7. The second-order valence-corrected chi connectivity index (χ2v) is 9.11. The van der Waals surface area contributed by atoms with Crippen LogP contribution in [0.5, 0.6) is 0 Å². The minimum absolute atomic E-state index is 0.0262. The third kappa shape index (κ3) is 4.69. The van der Waals surface area contributed by atoms with Crippen molar-refractivity contribution in [3.05, 3.63) is 45.9 Å². The average Bonchev–Trinajstić information content (AvgIpc) is 3.25. The fourth-order valence-corrected chi connectivity index (χ4v) is 4.98. The van der Waals surface area contributed by atoms with Gasteiger partial charge in [-0.15, -0.1) is 21.5 Å². The van der Waals surface area contributed by atoms with Gasteiger partial charge in [0.25, 0.3) is 5.91 Å². The molecule has 30 heavy (non-hydrogen) atoms. The molecule has 2 aliphatic rings. The number of nitrogens with zero attached hydrogens (tertiary/aromatic N) is 3. The van der Waals surface area contributed by atoms with Gasteiger partial charge in [0.1, 0.15) is 16.1 Å². The summed E-state index contributed by atoms with van der Waals surface area (Å²) in [6.07, 6.45) is 3.18. The highest BCUT2D eigenvalue weighted by Crippen LogP contribution is 2.39. The lowest BCUT2D eigenvalue weighted by atomic mass is 9.81. The molecule has 1 aromatic carbocycles. The minimum atomic E-state index is -0.842. The summed E-state index contributed by atoms with van der Waals surface area (Å²) in [5.74, 6) is -0.413. The summed E-state index contributed by atoms with van der Waals surface area (Å²) < 4.78 is 0. The standard InChI is InChI=1S/C21H27N5O3S/c1-14-3-2-4-15(9-14)19(28)22-10-18(27)24-16-11-26(12-16)17-5-7-21(29,8-6-17)20-25-23-13-30-20/h2-4,9,13,16-17,29H,5-8,10-12H2,1H3,(H,22,28)(H,24,27).